The van der Waals surface area contributed by atoms with Gasteiger partial charge in [-0.15, -0.1) is 0 Å². The van der Waals surface area contributed by atoms with E-state index in [0.29, 0.717) is 22.9 Å². The van der Waals surface area contributed by atoms with Crippen LogP contribution < -0.4 is 14.8 Å². The molecule has 0 unspecified atom stereocenters. The Morgan fingerprint density at radius 2 is 1.81 bits per heavy atom. The average molecular weight is 422 g/mol. The van der Waals surface area contributed by atoms with Crippen LogP contribution in [0.4, 0.5) is 5.69 Å². The Kier molecular flexibility index (Phi) is 7.70. The van der Waals surface area contributed by atoms with Gasteiger partial charge in [-0.25, -0.2) is 0 Å². The van der Waals surface area contributed by atoms with Crippen LogP contribution in [0.1, 0.15) is 18.2 Å². The van der Waals surface area contributed by atoms with Crippen molar-refractivity contribution in [3.05, 3.63) is 78.3 Å². The molecule has 1 heterocycles. The van der Waals surface area contributed by atoms with Crippen molar-refractivity contribution >= 4 is 17.5 Å². The van der Waals surface area contributed by atoms with E-state index in [2.05, 4.69) is 12.2 Å². The number of anilines is 1. The van der Waals surface area contributed by atoms with Gasteiger partial charge >= 0.3 is 0 Å². The molecule has 3 aromatic rings. The molecule has 0 saturated carbocycles. The lowest BCUT2D eigenvalue weighted by Gasteiger charge is -2.21. The molecule has 0 bridgehead atoms. The molecule has 0 aliphatic rings. The minimum Gasteiger partial charge on any atom is -0.495 e. The maximum Gasteiger partial charge on any atom is 0.261 e. The summed E-state index contributed by atoms with van der Waals surface area (Å²) >= 11 is 0. The fourth-order valence-electron chi connectivity index (χ4n) is 2.99. The Labute approximate surface area is 181 Å². The van der Waals surface area contributed by atoms with E-state index in [4.69, 9.17) is 13.9 Å². The zero-order valence-electron chi connectivity index (χ0n) is 17.7. The van der Waals surface area contributed by atoms with Crippen LogP contribution in [0.3, 0.4) is 0 Å². The second-order valence-electron chi connectivity index (χ2n) is 6.86. The van der Waals surface area contributed by atoms with Crippen molar-refractivity contribution in [2.45, 2.75) is 19.9 Å². The van der Waals surface area contributed by atoms with Crippen molar-refractivity contribution in [1.82, 2.24) is 4.90 Å². The molecule has 31 heavy (non-hydrogen) atoms. The highest BCUT2D eigenvalue weighted by Crippen LogP contribution is 2.23. The molecule has 7 heteroatoms. The summed E-state index contributed by atoms with van der Waals surface area (Å²) in [4.78, 5) is 26.9. The number of benzene rings is 2. The van der Waals surface area contributed by atoms with Crippen molar-refractivity contribution in [2.24, 2.45) is 0 Å². The highest BCUT2D eigenvalue weighted by molar-refractivity contribution is 5.95. The summed E-state index contributed by atoms with van der Waals surface area (Å²) in [5, 5.41) is 2.78. The van der Waals surface area contributed by atoms with Gasteiger partial charge in [-0.3, -0.25) is 9.59 Å². The van der Waals surface area contributed by atoms with Gasteiger partial charge in [-0.2, -0.15) is 0 Å². The number of amides is 2. The summed E-state index contributed by atoms with van der Waals surface area (Å²) in [7, 11) is 1.53. The maximum absolute atomic E-state index is 12.8. The van der Waals surface area contributed by atoms with Gasteiger partial charge in [0.2, 0.25) is 5.91 Å². The number of hydrogen-bond acceptors (Lipinski definition) is 5. The highest BCUT2D eigenvalue weighted by atomic mass is 16.5. The normalized spacial score (nSPS) is 10.4. The summed E-state index contributed by atoms with van der Waals surface area (Å²) < 4.78 is 16.2. The van der Waals surface area contributed by atoms with Gasteiger partial charge < -0.3 is 24.1 Å². The van der Waals surface area contributed by atoms with Crippen molar-refractivity contribution in [1.29, 1.82) is 0 Å². The lowest BCUT2D eigenvalue weighted by molar-refractivity contribution is -0.137. The van der Waals surface area contributed by atoms with E-state index in [1.54, 1.807) is 30.3 Å². The van der Waals surface area contributed by atoms with Crippen LogP contribution in [0.25, 0.3) is 0 Å². The predicted octanol–water partition coefficient (Wildman–Crippen LogP) is 3.90. The molecule has 2 amide bonds. The maximum atomic E-state index is 12.8. The van der Waals surface area contributed by atoms with E-state index in [1.807, 2.05) is 30.3 Å². The topological polar surface area (TPSA) is 81.0 Å². The summed E-state index contributed by atoms with van der Waals surface area (Å²) in [6.45, 7) is 1.88. The first kappa shape index (κ1) is 22.0. The van der Waals surface area contributed by atoms with E-state index >= 15 is 0 Å². The molecule has 0 radical (unpaired) electrons. The largest absolute Gasteiger partial charge is 0.495 e. The zero-order chi connectivity index (χ0) is 22.1. The molecule has 0 saturated heterocycles. The Morgan fingerprint density at radius 1 is 1.03 bits per heavy atom. The molecule has 3 rings (SSSR count). The van der Waals surface area contributed by atoms with Crippen molar-refractivity contribution in [2.75, 3.05) is 25.6 Å². The van der Waals surface area contributed by atoms with Gasteiger partial charge in [-0.1, -0.05) is 31.2 Å². The number of para-hydroxylation sites is 2. The van der Waals surface area contributed by atoms with Crippen molar-refractivity contribution in [3.8, 4) is 11.5 Å². The lowest BCUT2D eigenvalue weighted by atomic mass is 10.2. The zero-order valence-corrected chi connectivity index (χ0v) is 17.7. The Morgan fingerprint density at radius 3 is 2.48 bits per heavy atom. The van der Waals surface area contributed by atoms with E-state index in [0.717, 1.165) is 6.42 Å². The van der Waals surface area contributed by atoms with Crippen LogP contribution in [0.2, 0.25) is 0 Å². The van der Waals surface area contributed by atoms with Gasteiger partial charge in [-0.05, 0) is 48.4 Å². The van der Waals surface area contributed by atoms with Gasteiger partial charge in [0.1, 0.15) is 23.8 Å². The van der Waals surface area contributed by atoms with Crippen LogP contribution in [-0.2, 0) is 22.6 Å². The molecule has 0 atom stereocenters. The number of carbonyl (C=O) groups excluding carboxylic acids is 2. The summed E-state index contributed by atoms with van der Waals surface area (Å²) in [5.41, 5.74) is 1.72. The smallest absolute Gasteiger partial charge is 0.261 e. The number of rotatable bonds is 10. The van der Waals surface area contributed by atoms with Gasteiger partial charge in [0.25, 0.3) is 5.91 Å². The Hall–Kier alpha value is -3.74. The van der Waals surface area contributed by atoms with Gasteiger partial charge in [0.15, 0.2) is 6.61 Å². The van der Waals surface area contributed by atoms with Crippen LogP contribution >= 0.6 is 0 Å². The number of carbonyl (C=O) groups is 2. The summed E-state index contributed by atoms with van der Waals surface area (Å²) in [6.07, 6.45) is 2.45. The molecule has 1 N–H and O–H groups in total. The second kappa shape index (κ2) is 10.9. The Balaban J connectivity index is 1.65. The van der Waals surface area contributed by atoms with Crippen molar-refractivity contribution in [3.63, 3.8) is 0 Å². The highest BCUT2D eigenvalue weighted by Gasteiger charge is 2.20. The molecule has 0 spiro atoms. The fourth-order valence-corrected chi connectivity index (χ4v) is 2.99. The average Bonchev–Trinajstić information content (AvgIpc) is 3.31. The SMILES string of the molecule is CCc1ccc(OCC(=O)N(CC(=O)Nc2ccccc2OC)Cc2ccco2)cc1. The summed E-state index contributed by atoms with van der Waals surface area (Å²) in [6, 6.07) is 18.2. The number of furan rings is 1. The minimum absolute atomic E-state index is 0.156. The predicted molar refractivity (Wildman–Crippen MR) is 117 cm³/mol. The molecule has 2 aromatic carbocycles. The van der Waals surface area contributed by atoms with E-state index in [9.17, 15) is 9.59 Å². The molecule has 1 aromatic heterocycles. The molecule has 0 aliphatic heterocycles. The van der Waals surface area contributed by atoms with E-state index < -0.39 is 0 Å². The third kappa shape index (κ3) is 6.37. The second-order valence-corrected chi connectivity index (χ2v) is 6.86. The summed E-state index contributed by atoms with van der Waals surface area (Å²) in [5.74, 6) is 1.04. The van der Waals surface area contributed by atoms with E-state index in [-0.39, 0.29) is 31.5 Å². The van der Waals surface area contributed by atoms with Crippen molar-refractivity contribution < 1.29 is 23.5 Å². The number of aryl methyl sites for hydroxylation is 1. The molecule has 162 valence electrons. The van der Waals surface area contributed by atoms with Crippen LogP contribution in [-0.4, -0.2) is 37.0 Å². The monoisotopic (exact) mass is 422 g/mol. The lowest BCUT2D eigenvalue weighted by Crippen LogP contribution is -2.40. The standard InChI is InChI=1S/C24H26N2O5/c1-3-18-10-12-19(13-11-18)31-17-24(28)26(15-20-7-6-14-30-20)16-23(27)25-21-8-4-5-9-22(21)29-2/h4-14H,3,15-17H2,1-2H3,(H,25,27). The molecular weight excluding hydrogens is 396 g/mol. The third-order valence-corrected chi connectivity index (χ3v) is 4.69. The number of methoxy groups -OCH3 is 1. The number of ether oxygens (including phenoxy) is 2. The third-order valence-electron chi connectivity index (χ3n) is 4.69. The first-order valence-corrected chi connectivity index (χ1v) is 10.0. The molecule has 7 nitrogen and oxygen atoms in total. The Bertz CT molecular complexity index is 983. The first-order chi connectivity index (χ1) is 15.1. The number of nitrogens with one attached hydrogen (secondary N) is 1. The number of nitrogens with zero attached hydrogens (tertiary/aromatic N) is 1. The molecule has 0 fully saturated rings. The number of hydrogen-bond donors (Lipinski definition) is 1. The van der Waals surface area contributed by atoms with Crippen LogP contribution in [0, 0.1) is 0 Å². The van der Waals surface area contributed by atoms with Gasteiger partial charge in [0.05, 0.1) is 25.6 Å². The van der Waals surface area contributed by atoms with Gasteiger partial charge in [0, 0.05) is 0 Å². The molecule has 0 aliphatic carbocycles. The fraction of sp³-hybridized carbons (Fsp3) is 0.250. The molecular formula is C24H26N2O5. The minimum atomic E-state index is -0.350. The van der Waals surface area contributed by atoms with Crippen LogP contribution in [0.15, 0.2) is 71.3 Å². The first-order valence-electron chi connectivity index (χ1n) is 10.0. The van der Waals surface area contributed by atoms with E-state index in [1.165, 1.54) is 23.8 Å². The van der Waals surface area contributed by atoms with Crippen LogP contribution in [0.5, 0.6) is 11.5 Å². The quantitative estimate of drug-likeness (QED) is 0.536.